The molecule has 0 saturated carbocycles. The van der Waals surface area contributed by atoms with Gasteiger partial charge in [-0.1, -0.05) is 179 Å². The quantitative estimate of drug-likeness (QED) is 0.0198. The lowest BCUT2D eigenvalue weighted by molar-refractivity contribution is -0.870. The van der Waals surface area contributed by atoms with E-state index in [0.29, 0.717) is 24.1 Å². The smallest absolute Gasteiger partial charge is 0.306 e. The second kappa shape index (κ2) is 42.4. The minimum atomic E-state index is -4.53. The van der Waals surface area contributed by atoms with Crippen molar-refractivity contribution in [3.63, 3.8) is 0 Å². The molecular weight excluding hydrogens is 746 g/mol. The zero-order valence-corrected chi connectivity index (χ0v) is 39.6. The van der Waals surface area contributed by atoms with E-state index < -0.39 is 13.9 Å². The monoisotopic (exact) mass is 840 g/mol. The number of esters is 1. The number of nitrogens with zero attached hydrogens (tertiary/aromatic N) is 1. The fourth-order valence-electron chi connectivity index (χ4n) is 6.62. The molecule has 9 heteroatoms. The van der Waals surface area contributed by atoms with Gasteiger partial charge < -0.3 is 27.9 Å². The van der Waals surface area contributed by atoms with Crippen molar-refractivity contribution < 1.29 is 37.3 Å². The molecule has 0 rings (SSSR count). The van der Waals surface area contributed by atoms with Gasteiger partial charge in [-0.15, -0.1) is 0 Å². The third-order valence-electron chi connectivity index (χ3n) is 10.4. The Kier molecular flexibility index (Phi) is 41.5. The van der Waals surface area contributed by atoms with Crippen LogP contribution in [0.2, 0.25) is 0 Å². The van der Waals surface area contributed by atoms with E-state index in [4.69, 9.17) is 18.5 Å². The van der Waals surface area contributed by atoms with Crippen LogP contribution in [0.15, 0.2) is 36.5 Å². The largest absolute Gasteiger partial charge is 0.756 e. The first kappa shape index (κ1) is 56.7. The van der Waals surface area contributed by atoms with Crippen LogP contribution in [-0.2, 0) is 27.9 Å². The first-order valence-corrected chi connectivity index (χ1v) is 25.7. The summed E-state index contributed by atoms with van der Waals surface area (Å²) in [7, 11) is 1.35. The number of hydrogen-bond donors (Lipinski definition) is 0. The molecule has 0 aliphatic carbocycles. The zero-order chi connectivity index (χ0) is 42.7. The molecule has 0 amide bonds. The minimum Gasteiger partial charge on any atom is -0.756 e. The highest BCUT2D eigenvalue weighted by atomic mass is 31.2. The maximum atomic E-state index is 12.7. The molecular formula is C49H94NO7P. The van der Waals surface area contributed by atoms with Crippen molar-refractivity contribution in [3.05, 3.63) is 36.5 Å². The number of hydrogen-bond acceptors (Lipinski definition) is 7. The first-order valence-electron chi connectivity index (χ1n) is 24.2. The standard InChI is InChI=1S/C49H94NO7P/c1-6-8-10-12-14-16-18-20-22-23-24-25-26-27-28-29-31-33-35-37-39-41-44-54-46-48(47-56-58(52,53)55-45-43-50(3,4)5)57-49(51)42-40-38-36-34-32-30-21-19-17-15-13-11-9-7-2/h13,15,19,21,23-24,48H,6-12,14,16-18,20,22,25-47H2,1-5H3/b15-13-,21-19-,24-23-. The molecule has 0 saturated heterocycles. The lowest BCUT2D eigenvalue weighted by Crippen LogP contribution is -2.37. The summed E-state index contributed by atoms with van der Waals surface area (Å²) in [5.74, 6) is -0.347. The van der Waals surface area contributed by atoms with Crippen LogP contribution in [0.25, 0.3) is 0 Å². The Labute approximate surface area is 359 Å². The fourth-order valence-corrected chi connectivity index (χ4v) is 7.35. The van der Waals surface area contributed by atoms with Gasteiger partial charge in [-0.05, 0) is 64.2 Å². The summed E-state index contributed by atoms with van der Waals surface area (Å²) in [5.41, 5.74) is 0. The number of allylic oxidation sites excluding steroid dienone is 6. The Bertz CT molecular complexity index is 1020. The van der Waals surface area contributed by atoms with Crippen molar-refractivity contribution in [1.82, 2.24) is 0 Å². The summed E-state index contributed by atoms with van der Waals surface area (Å²) in [6.07, 6.45) is 50.2. The van der Waals surface area contributed by atoms with Crippen molar-refractivity contribution in [3.8, 4) is 0 Å². The van der Waals surface area contributed by atoms with Crippen LogP contribution in [0.1, 0.15) is 213 Å². The second-order valence-corrected chi connectivity index (χ2v) is 18.9. The molecule has 342 valence electrons. The molecule has 0 spiro atoms. The topological polar surface area (TPSA) is 94.1 Å². The maximum absolute atomic E-state index is 12.7. The van der Waals surface area contributed by atoms with Gasteiger partial charge in [0.25, 0.3) is 7.82 Å². The van der Waals surface area contributed by atoms with E-state index in [1.165, 1.54) is 135 Å². The number of quaternary nitrogens is 1. The minimum absolute atomic E-state index is 0.0231. The molecule has 0 radical (unpaired) electrons. The number of phosphoric acid groups is 1. The van der Waals surface area contributed by atoms with Gasteiger partial charge in [-0.25, -0.2) is 0 Å². The predicted molar refractivity (Wildman–Crippen MR) is 245 cm³/mol. The number of phosphoric ester groups is 1. The zero-order valence-electron chi connectivity index (χ0n) is 38.7. The first-order chi connectivity index (χ1) is 28.1. The summed E-state index contributed by atoms with van der Waals surface area (Å²) in [6.45, 7) is 5.37. The Morgan fingerprint density at radius 2 is 0.966 bits per heavy atom. The highest BCUT2D eigenvalue weighted by molar-refractivity contribution is 7.45. The van der Waals surface area contributed by atoms with E-state index in [-0.39, 0.29) is 25.8 Å². The Morgan fingerprint density at radius 3 is 1.47 bits per heavy atom. The van der Waals surface area contributed by atoms with Crippen molar-refractivity contribution in [2.24, 2.45) is 0 Å². The van der Waals surface area contributed by atoms with E-state index in [1.54, 1.807) is 0 Å². The summed E-state index contributed by atoms with van der Waals surface area (Å²) in [4.78, 5) is 25.1. The van der Waals surface area contributed by atoms with E-state index in [1.807, 2.05) is 21.1 Å². The second-order valence-electron chi connectivity index (χ2n) is 17.5. The summed E-state index contributed by atoms with van der Waals surface area (Å²) < 4.78 is 34.6. The van der Waals surface area contributed by atoms with Crippen LogP contribution in [0.4, 0.5) is 0 Å². The van der Waals surface area contributed by atoms with E-state index in [2.05, 4.69) is 50.3 Å². The SMILES string of the molecule is CCCC/C=C\C/C=C\CCCCCCCC(=O)OC(COCCCCCCCCCCCC/C=C\CCCCCCCCCC)COP(=O)([O-])OCC[N+](C)(C)C. The highest BCUT2D eigenvalue weighted by Gasteiger charge is 2.20. The molecule has 0 aromatic carbocycles. The average Bonchev–Trinajstić information content (AvgIpc) is 3.18. The molecule has 0 aliphatic rings. The third-order valence-corrected chi connectivity index (χ3v) is 11.4. The van der Waals surface area contributed by atoms with Crippen LogP contribution in [0.5, 0.6) is 0 Å². The normalized spacial score (nSPS) is 14.0. The molecule has 0 N–H and O–H groups in total. The van der Waals surface area contributed by atoms with Gasteiger partial charge in [0.15, 0.2) is 0 Å². The maximum Gasteiger partial charge on any atom is 0.306 e. The summed E-state index contributed by atoms with van der Waals surface area (Å²) >= 11 is 0. The molecule has 0 heterocycles. The van der Waals surface area contributed by atoms with Crippen LogP contribution in [0, 0.1) is 0 Å². The molecule has 0 fully saturated rings. The lowest BCUT2D eigenvalue weighted by atomic mass is 10.1. The molecule has 0 bridgehead atoms. The van der Waals surface area contributed by atoms with E-state index in [0.717, 1.165) is 57.8 Å². The number of unbranched alkanes of at least 4 members (excludes halogenated alkanes) is 25. The third kappa shape index (κ3) is 45.8. The number of ether oxygens (including phenoxy) is 2. The van der Waals surface area contributed by atoms with Crippen molar-refractivity contribution in [2.75, 3.05) is 54.1 Å². The Morgan fingerprint density at radius 1 is 0.534 bits per heavy atom. The molecule has 0 aromatic heterocycles. The molecule has 0 aromatic rings. The van der Waals surface area contributed by atoms with Gasteiger partial charge >= 0.3 is 5.97 Å². The molecule has 8 nitrogen and oxygen atoms in total. The number of rotatable bonds is 45. The van der Waals surface area contributed by atoms with Gasteiger partial charge in [0.05, 0.1) is 34.4 Å². The van der Waals surface area contributed by atoms with Crippen molar-refractivity contribution >= 4 is 13.8 Å². The van der Waals surface area contributed by atoms with Crippen LogP contribution in [0.3, 0.4) is 0 Å². The van der Waals surface area contributed by atoms with E-state index >= 15 is 0 Å². The number of carbonyl (C=O) groups excluding carboxylic acids is 1. The molecule has 2 atom stereocenters. The highest BCUT2D eigenvalue weighted by Crippen LogP contribution is 2.38. The van der Waals surface area contributed by atoms with Crippen LogP contribution in [-0.4, -0.2) is 70.7 Å². The Hall–Kier alpha value is -1.28. The molecule has 0 aliphatic heterocycles. The van der Waals surface area contributed by atoms with Gasteiger partial charge in [0, 0.05) is 13.0 Å². The van der Waals surface area contributed by atoms with Crippen LogP contribution >= 0.6 is 7.82 Å². The number of likely N-dealkylation sites (N-methyl/N-ethyl adjacent to an activating group) is 1. The summed E-state index contributed by atoms with van der Waals surface area (Å²) in [6, 6.07) is 0. The predicted octanol–water partition coefficient (Wildman–Crippen LogP) is 13.9. The van der Waals surface area contributed by atoms with Crippen molar-refractivity contribution in [2.45, 2.75) is 219 Å². The fraction of sp³-hybridized carbons (Fsp3) is 0.857. The van der Waals surface area contributed by atoms with E-state index in [9.17, 15) is 14.3 Å². The lowest BCUT2D eigenvalue weighted by Gasteiger charge is -2.28. The van der Waals surface area contributed by atoms with Gasteiger partial charge in [-0.2, -0.15) is 0 Å². The average molecular weight is 840 g/mol. The molecule has 58 heavy (non-hydrogen) atoms. The Balaban J connectivity index is 4.14. The van der Waals surface area contributed by atoms with Gasteiger partial charge in [-0.3, -0.25) is 9.36 Å². The number of carbonyl (C=O) groups is 1. The van der Waals surface area contributed by atoms with Gasteiger partial charge in [0.2, 0.25) is 0 Å². The van der Waals surface area contributed by atoms with Crippen molar-refractivity contribution in [1.29, 1.82) is 0 Å². The summed E-state index contributed by atoms with van der Waals surface area (Å²) in [5, 5.41) is 0. The van der Waals surface area contributed by atoms with Crippen LogP contribution < -0.4 is 4.89 Å². The van der Waals surface area contributed by atoms with Gasteiger partial charge in [0.1, 0.15) is 19.3 Å². The molecule has 2 unspecified atom stereocenters.